The summed E-state index contributed by atoms with van der Waals surface area (Å²) in [5, 5.41) is 29.6. The Morgan fingerprint density at radius 2 is 1.87 bits per heavy atom. The van der Waals surface area contributed by atoms with E-state index in [1.807, 2.05) is 0 Å². The number of halogens is 1. The lowest BCUT2D eigenvalue weighted by Crippen LogP contribution is -2.33. The number of nitrogens with zero attached hydrogens (tertiary/aromatic N) is 3. The number of pyridine rings is 1. The second kappa shape index (κ2) is 10.6. The van der Waals surface area contributed by atoms with Gasteiger partial charge in [-0.15, -0.1) is 0 Å². The lowest BCUT2D eigenvalue weighted by atomic mass is 10.0. The van der Waals surface area contributed by atoms with E-state index in [0.29, 0.717) is 16.8 Å². The van der Waals surface area contributed by atoms with Gasteiger partial charge in [-0.3, -0.25) is 14.4 Å². The number of aliphatic hydroxyl groups excluding tert-OH is 2. The molecule has 1 atom stereocenters. The normalized spacial score (nSPS) is 12.0. The molecule has 10 nitrogen and oxygen atoms in total. The van der Waals surface area contributed by atoms with Gasteiger partial charge in [0.05, 0.1) is 41.5 Å². The first-order valence-electron chi connectivity index (χ1n) is 11.9. The summed E-state index contributed by atoms with van der Waals surface area (Å²) in [6, 6.07) is 11.2. The molecule has 0 radical (unpaired) electrons. The highest BCUT2D eigenvalue weighted by molar-refractivity contribution is 6.01. The average Bonchev–Trinajstić information content (AvgIpc) is 2.87. The highest BCUT2D eigenvalue weighted by Gasteiger charge is 2.23. The second-order valence-corrected chi connectivity index (χ2v) is 9.13. The summed E-state index contributed by atoms with van der Waals surface area (Å²) in [5.74, 6) is -0.850. The zero-order chi connectivity index (χ0) is 27.7. The lowest BCUT2D eigenvalue weighted by Gasteiger charge is -2.20. The van der Waals surface area contributed by atoms with Crippen molar-refractivity contribution >= 4 is 33.9 Å². The minimum Gasteiger partial charge on any atom is -0.394 e. The number of aliphatic hydroxyl groups is 2. The molecule has 0 aliphatic carbocycles. The number of aromatic nitrogens is 3. The van der Waals surface area contributed by atoms with E-state index in [2.05, 4.69) is 15.7 Å². The summed E-state index contributed by atoms with van der Waals surface area (Å²) in [6.45, 7) is 3.70. The fraction of sp³-hybridized carbons (Fsp3) is 0.259. The molecule has 0 saturated carbocycles. The molecule has 1 amide bonds. The number of hydrogen-bond acceptors (Lipinski definition) is 7. The monoisotopic (exact) mass is 521 g/mol. The van der Waals surface area contributed by atoms with Gasteiger partial charge in [0.2, 0.25) is 5.91 Å². The molecule has 0 saturated heterocycles. The molecule has 11 heteroatoms. The molecular formula is C27H28FN5O5. The van der Waals surface area contributed by atoms with Crippen molar-refractivity contribution in [2.75, 3.05) is 17.2 Å². The van der Waals surface area contributed by atoms with Crippen LogP contribution in [0.1, 0.15) is 18.1 Å². The van der Waals surface area contributed by atoms with Gasteiger partial charge in [0.1, 0.15) is 11.5 Å². The third kappa shape index (κ3) is 5.06. The third-order valence-corrected chi connectivity index (χ3v) is 6.15. The second-order valence-electron chi connectivity index (χ2n) is 9.13. The highest BCUT2D eigenvalue weighted by atomic mass is 19.1. The van der Waals surface area contributed by atoms with Crippen molar-refractivity contribution < 1.29 is 19.4 Å². The highest BCUT2D eigenvalue weighted by Crippen LogP contribution is 2.32. The van der Waals surface area contributed by atoms with E-state index in [1.165, 1.54) is 37.6 Å². The van der Waals surface area contributed by atoms with Crippen molar-refractivity contribution in [2.24, 2.45) is 7.05 Å². The molecule has 2 heterocycles. The predicted octanol–water partition coefficient (Wildman–Crippen LogP) is 2.57. The van der Waals surface area contributed by atoms with Gasteiger partial charge in [-0.25, -0.2) is 9.07 Å². The van der Waals surface area contributed by atoms with Crippen molar-refractivity contribution in [1.29, 1.82) is 0 Å². The number of rotatable bonds is 7. The van der Waals surface area contributed by atoms with Gasteiger partial charge in [-0.1, -0.05) is 18.2 Å². The third-order valence-electron chi connectivity index (χ3n) is 6.15. The maximum atomic E-state index is 14.8. The fourth-order valence-corrected chi connectivity index (χ4v) is 4.30. The van der Waals surface area contributed by atoms with Crippen LogP contribution in [0.2, 0.25) is 0 Å². The summed E-state index contributed by atoms with van der Waals surface area (Å²) in [7, 11) is 1.50. The van der Waals surface area contributed by atoms with Crippen molar-refractivity contribution in [2.45, 2.75) is 33.4 Å². The molecule has 0 aliphatic rings. The van der Waals surface area contributed by atoms with Crippen LogP contribution in [0.5, 0.6) is 0 Å². The maximum Gasteiger partial charge on any atom is 0.278 e. The van der Waals surface area contributed by atoms with Crippen molar-refractivity contribution in [3.05, 3.63) is 80.1 Å². The Bertz CT molecular complexity index is 1680. The topological polar surface area (TPSA) is 138 Å². The largest absolute Gasteiger partial charge is 0.394 e. The molecule has 4 N–H and O–H groups in total. The average molecular weight is 522 g/mol. The van der Waals surface area contributed by atoms with E-state index < -0.39 is 29.6 Å². The van der Waals surface area contributed by atoms with Crippen LogP contribution in [-0.2, 0) is 18.4 Å². The fourth-order valence-electron chi connectivity index (χ4n) is 4.30. The van der Waals surface area contributed by atoms with Gasteiger partial charge < -0.3 is 25.4 Å². The van der Waals surface area contributed by atoms with Gasteiger partial charge in [0.15, 0.2) is 0 Å². The van der Waals surface area contributed by atoms with E-state index in [-0.39, 0.29) is 46.0 Å². The van der Waals surface area contributed by atoms with Crippen LogP contribution in [-0.4, -0.2) is 43.2 Å². The molecule has 0 fully saturated rings. The summed E-state index contributed by atoms with van der Waals surface area (Å²) in [4.78, 5) is 38.7. The Morgan fingerprint density at radius 1 is 1.13 bits per heavy atom. The van der Waals surface area contributed by atoms with Crippen LogP contribution < -0.4 is 21.8 Å². The number of carbonyl (C=O) groups is 1. The molecule has 2 aromatic carbocycles. The molecule has 0 aliphatic heterocycles. The first-order chi connectivity index (χ1) is 18.0. The first-order valence-corrected chi connectivity index (χ1v) is 11.9. The van der Waals surface area contributed by atoms with Crippen LogP contribution in [0, 0.1) is 19.7 Å². The Kier molecular flexibility index (Phi) is 7.42. The van der Waals surface area contributed by atoms with Crippen molar-refractivity contribution in [3.63, 3.8) is 0 Å². The number of amides is 1. The minimum absolute atomic E-state index is 0.0460. The van der Waals surface area contributed by atoms with E-state index in [1.54, 1.807) is 37.3 Å². The van der Waals surface area contributed by atoms with Gasteiger partial charge in [-0.05, 0) is 43.7 Å². The van der Waals surface area contributed by atoms with Crippen LogP contribution in [0.15, 0.2) is 52.1 Å². The molecule has 4 rings (SSSR count). The summed E-state index contributed by atoms with van der Waals surface area (Å²) in [6.07, 6.45) is -1.28. The minimum atomic E-state index is -1.28. The molecule has 0 spiro atoms. The van der Waals surface area contributed by atoms with E-state index in [4.69, 9.17) is 0 Å². The van der Waals surface area contributed by atoms with Gasteiger partial charge in [0, 0.05) is 30.8 Å². The molecular weight excluding hydrogens is 493 g/mol. The Labute approximate surface area is 217 Å². The van der Waals surface area contributed by atoms with Gasteiger partial charge in [0.25, 0.3) is 11.1 Å². The zero-order valence-corrected chi connectivity index (χ0v) is 21.4. The molecule has 2 aromatic heterocycles. The zero-order valence-electron chi connectivity index (χ0n) is 21.4. The number of aryl methyl sites for hydroxylation is 2. The van der Waals surface area contributed by atoms with Crippen molar-refractivity contribution in [1.82, 2.24) is 14.3 Å². The predicted molar refractivity (Wildman–Crippen MR) is 143 cm³/mol. The molecule has 4 aromatic rings. The van der Waals surface area contributed by atoms with Crippen LogP contribution >= 0.6 is 0 Å². The van der Waals surface area contributed by atoms with Crippen molar-refractivity contribution in [3.8, 4) is 11.3 Å². The number of carbonyl (C=O) groups excluding carboxylic acids is 1. The van der Waals surface area contributed by atoms with Crippen LogP contribution in [0.4, 0.5) is 21.5 Å². The Morgan fingerprint density at radius 3 is 2.53 bits per heavy atom. The van der Waals surface area contributed by atoms with Gasteiger partial charge in [-0.2, -0.15) is 5.10 Å². The number of fused-ring (bicyclic) bond motifs is 1. The number of benzene rings is 2. The van der Waals surface area contributed by atoms with Crippen LogP contribution in [0.3, 0.4) is 0 Å². The number of anilines is 3. The maximum absolute atomic E-state index is 14.8. The summed E-state index contributed by atoms with van der Waals surface area (Å²) < 4.78 is 17.1. The Hall–Kier alpha value is -4.35. The summed E-state index contributed by atoms with van der Waals surface area (Å²) >= 11 is 0. The van der Waals surface area contributed by atoms with E-state index in [9.17, 15) is 29.0 Å². The number of nitrogens with one attached hydrogen (secondary N) is 2. The smallest absolute Gasteiger partial charge is 0.278 e. The van der Waals surface area contributed by atoms with E-state index in [0.717, 1.165) is 4.68 Å². The van der Waals surface area contributed by atoms with Crippen LogP contribution in [0.25, 0.3) is 22.2 Å². The Balaban J connectivity index is 2.10. The standard InChI is InChI=1S/C27H28FN5O5/c1-14-8-9-21(20(28)10-14)30-23-15(2)26(37)32(4)25-22(23)27(38)33(12-19(36)13-34)31-24(25)17-6-5-7-18(11-17)29-16(3)35/h5-11,19,30,34,36H,12-13H2,1-4H3,(H,29,35). The lowest BCUT2D eigenvalue weighted by molar-refractivity contribution is -0.114. The molecule has 0 bridgehead atoms. The van der Waals surface area contributed by atoms with E-state index >= 15 is 0 Å². The molecule has 1 unspecified atom stereocenters. The van der Waals surface area contributed by atoms with Gasteiger partial charge >= 0.3 is 0 Å². The summed E-state index contributed by atoms with van der Waals surface area (Å²) in [5.41, 5.74) is 1.30. The molecule has 38 heavy (non-hydrogen) atoms. The quantitative estimate of drug-likeness (QED) is 0.293. The molecule has 198 valence electrons. The SMILES string of the molecule is CC(=O)Nc1cccc(-c2nn(CC(O)CO)c(=O)c3c(Nc4ccc(C)cc4F)c(C)c(=O)n(C)c23)c1. The number of hydrogen-bond donors (Lipinski definition) is 4. The first kappa shape index (κ1) is 26.7.